The Bertz CT molecular complexity index is 1720. The minimum absolute atomic E-state index is 0.208. The number of fused-ring (bicyclic) bond motifs is 2. The van der Waals surface area contributed by atoms with Gasteiger partial charge in [0.25, 0.3) is 5.56 Å². The van der Waals surface area contributed by atoms with Gasteiger partial charge in [0.15, 0.2) is 4.80 Å². The first kappa shape index (κ1) is 24.0. The third-order valence-corrected chi connectivity index (χ3v) is 7.47. The number of aromatic nitrogens is 1. The van der Waals surface area contributed by atoms with E-state index in [4.69, 9.17) is 21.1 Å². The Hall–Kier alpha value is -3.68. The molecule has 0 saturated carbocycles. The van der Waals surface area contributed by atoms with Crippen LogP contribution >= 0.6 is 22.9 Å². The highest BCUT2D eigenvalue weighted by atomic mass is 35.5. The van der Waals surface area contributed by atoms with E-state index in [9.17, 15) is 9.59 Å². The number of esters is 1. The lowest BCUT2D eigenvalue weighted by atomic mass is 9.96. The minimum Gasteiger partial charge on any atom is -0.496 e. The zero-order valence-corrected chi connectivity index (χ0v) is 21.5. The van der Waals surface area contributed by atoms with E-state index in [1.807, 2.05) is 60.7 Å². The molecule has 0 bridgehead atoms. The van der Waals surface area contributed by atoms with Crippen LogP contribution in [0.3, 0.4) is 0 Å². The third-order valence-electron chi connectivity index (χ3n) is 6.14. The number of carbonyl (C=O) groups excluding carboxylic acids is 1. The number of hydrogen-bond acceptors (Lipinski definition) is 6. The van der Waals surface area contributed by atoms with E-state index in [2.05, 4.69) is 4.99 Å². The number of allylic oxidation sites excluding steroid dienone is 1. The van der Waals surface area contributed by atoms with Crippen molar-refractivity contribution in [2.24, 2.45) is 4.99 Å². The average molecular weight is 519 g/mol. The summed E-state index contributed by atoms with van der Waals surface area (Å²) in [5, 5.41) is 2.37. The van der Waals surface area contributed by atoms with E-state index in [1.165, 1.54) is 11.3 Å². The Morgan fingerprint density at radius 3 is 2.56 bits per heavy atom. The molecule has 4 aromatic rings. The van der Waals surface area contributed by atoms with Crippen LogP contribution in [0.4, 0.5) is 0 Å². The normalized spacial score (nSPS) is 15.6. The van der Waals surface area contributed by atoms with Crippen molar-refractivity contribution in [2.45, 2.75) is 19.9 Å². The Labute approximate surface area is 216 Å². The zero-order valence-electron chi connectivity index (χ0n) is 19.9. The molecular weight excluding hydrogens is 496 g/mol. The quantitative estimate of drug-likeness (QED) is 0.362. The SMILES string of the molecule is CCOC(=O)C1=C(C)N=c2s/c(=C/c3ccc(OC)c4ccccc34)c(=O)n2C1c1ccccc1Cl. The minimum atomic E-state index is -0.747. The maximum Gasteiger partial charge on any atom is 0.338 e. The van der Waals surface area contributed by atoms with Gasteiger partial charge in [0, 0.05) is 10.4 Å². The Morgan fingerprint density at radius 1 is 1.11 bits per heavy atom. The van der Waals surface area contributed by atoms with Gasteiger partial charge < -0.3 is 9.47 Å². The molecule has 1 aromatic heterocycles. The third kappa shape index (κ3) is 4.04. The monoisotopic (exact) mass is 518 g/mol. The van der Waals surface area contributed by atoms with E-state index in [1.54, 1.807) is 31.6 Å². The number of nitrogens with zero attached hydrogens (tertiary/aromatic N) is 2. The van der Waals surface area contributed by atoms with Crippen LogP contribution < -0.4 is 19.6 Å². The number of halogens is 1. The van der Waals surface area contributed by atoms with Crippen LogP contribution in [0, 0.1) is 0 Å². The summed E-state index contributed by atoms with van der Waals surface area (Å²) in [4.78, 5) is 32.0. The van der Waals surface area contributed by atoms with Crippen LogP contribution in [-0.4, -0.2) is 24.3 Å². The van der Waals surface area contributed by atoms with E-state index in [0.29, 0.717) is 31.2 Å². The number of hydrogen-bond donors (Lipinski definition) is 0. The summed E-state index contributed by atoms with van der Waals surface area (Å²) in [6.45, 7) is 3.71. The molecule has 0 N–H and O–H groups in total. The van der Waals surface area contributed by atoms with E-state index < -0.39 is 12.0 Å². The number of rotatable bonds is 5. The molecule has 0 amide bonds. The second-order valence-corrected chi connectivity index (χ2v) is 9.64. The molecule has 0 fully saturated rings. The van der Waals surface area contributed by atoms with Crippen molar-refractivity contribution >= 4 is 45.8 Å². The fourth-order valence-electron chi connectivity index (χ4n) is 4.52. The molecule has 1 aliphatic heterocycles. The van der Waals surface area contributed by atoms with Gasteiger partial charge in [-0.3, -0.25) is 9.36 Å². The highest BCUT2D eigenvalue weighted by Gasteiger charge is 2.34. The maximum atomic E-state index is 13.8. The van der Waals surface area contributed by atoms with Crippen LogP contribution in [-0.2, 0) is 9.53 Å². The molecule has 1 atom stereocenters. The molecule has 0 saturated heterocycles. The average Bonchev–Trinajstić information content (AvgIpc) is 3.18. The Morgan fingerprint density at radius 2 is 1.83 bits per heavy atom. The summed E-state index contributed by atoms with van der Waals surface area (Å²) in [5.41, 5.74) is 2.07. The van der Waals surface area contributed by atoms with Gasteiger partial charge in [0.2, 0.25) is 0 Å². The van der Waals surface area contributed by atoms with Crippen molar-refractivity contribution in [3.05, 3.63) is 108 Å². The molecular formula is C28H23ClN2O4S. The first-order valence-electron chi connectivity index (χ1n) is 11.4. The number of benzene rings is 3. The summed E-state index contributed by atoms with van der Waals surface area (Å²) in [7, 11) is 1.64. The van der Waals surface area contributed by atoms with Crippen molar-refractivity contribution in [3.8, 4) is 5.75 Å². The van der Waals surface area contributed by atoms with Crippen LogP contribution in [0.2, 0.25) is 5.02 Å². The van der Waals surface area contributed by atoms with Crippen LogP contribution in [0.5, 0.6) is 5.75 Å². The van der Waals surface area contributed by atoms with Gasteiger partial charge in [-0.15, -0.1) is 0 Å². The molecule has 0 spiro atoms. The Kier molecular flexibility index (Phi) is 6.51. The van der Waals surface area contributed by atoms with Crippen molar-refractivity contribution in [1.29, 1.82) is 0 Å². The standard InChI is InChI=1S/C28H23ClN2O4S/c1-4-35-27(33)24-16(2)30-28-31(25(24)20-11-7-8-12-21(20)29)26(32)23(36-28)15-17-13-14-22(34-3)19-10-6-5-9-18(17)19/h5-15,25H,4H2,1-3H3/b23-15+. The summed E-state index contributed by atoms with van der Waals surface area (Å²) in [6, 6.07) is 18.2. The van der Waals surface area contributed by atoms with Crippen molar-refractivity contribution in [1.82, 2.24) is 4.57 Å². The van der Waals surface area contributed by atoms with Gasteiger partial charge >= 0.3 is 5.97 Å². The van der Waals surface area contributed by atoms with Gasteiger partial charge in [-0.2, -0.15) is 0 Å². The first-order valence-corrected chi connectivity index (χ1v) is 12.6. The molecule has 3 aromatic carbocycles. The highest BCUT2D eigenvalue weighted by molar-refractivity contribution is 7.07. The molecule has 1 unspecified atom stereocenters. The zero-order chi connectivity index (χ0) is 25.4. The van der Waals surface area contributed by atoms with Gasteiger partial charge in [0.1, 0.15) is 11.8 Å². The molecule has 2 heterocycles. The maximum absolute atomic E-state index is 13.8. The predicted molar refractivity (Wildman–Crippen MR) is 142 cm³/mol. The number of methoxy groups -OCH3 is 1. The van der Waals surface area contributed by atoms with Crippen LogP contribution in [0.15, 0.2) is 81.7 Å². The number of carbonyl (C=O) groups is 1. The molecule has 8 heteroatoms. The van der Waals surface area contributed by atoms with E-state index >= 15 is 0 Å². The summed E-state index contributed by atoms with van der Waals surface area (Å²) in [5.74, 6) is 0.247. The highest BCUT2D eigenvalue weighted by Crippen LogP contribution is 2.34. The summed E-state index contributed by atoms with van der Waals surface area (Å²) >= 11 is 7.84. The molecule has 6 nitrogen and oxygen atoms in total. The van der Waals surface area contributed by atoms with Gasteiger partial charge in [-0.05, 0) is 48.6 Å². The smallest absolute Gasteiger partial charge is 0.338 e. The van der Waals surface area contributed by atoms with Gasteiger partial charge in [-0.1, -0.05) is 71.5 Å². The summed E-state index contributed by atoms with van der Waals surface area (Å²) in [6.07, 6.45) is 1.86. The fourth-order valence-corrected chi connectivity index (χ4v) is 5.80. The molecule has 182 valence electrons. The van der Waals surface area contributed by atoms with E-state index in [-0.39, 0.29) is 12.2 Å². The molecule has 0 radical (unpaired) electrons. The topological polar surface area (TPSA) is 69.9 Å². The van der Waals surface area contributed by atoms with Crippen molar-refractivity contribution in [3.63, 3.8) is 0 Å². The molecule has 1 aliphatic rings. The van der Waals surface area contributed by atoms with Crippen molar-refractivity contribution in [2.75, 3.05) is 13.7 Å². The fraction of sp³-hybridized carbons (Fsp3) is 0.179. The molecule has 36 heavy (non-hydrogen) atoms. The number of thiazole rings is 1. The van der Waals surface area contributed by atoms with E-state index in [0.717, 1.165) is 22.1 Å². The second kappa shape index (κ2) is 9.76. The molecule has 0 aliphatic carbocycles. The first-order chi connectivity index (χ1) is 17.4. The lowest BCUT2D eigenvalue weighted by Gasteiger charge is -2.25. The lowest BCUT2D eigenvalue weighted by Crippen LogP contribution is -2.40. The second-order valence-electron chi connectivity index (χ2n) is 8.23. The lowest BCUT2D eigenvalue weighted by molar-refractivity contribution is -0.139. The van der Waals surface area contributed by atoms with Crippen molar-refractivity contribution < 1.29 is 14.3 Å². The summed E-state index contributed by atoms with van der Waals surface area (Å²) < 4.78 is 12.9. The van der Waals surface area contributed by atoms with Crippen LogP contribution in [0.25, 0.3) is 16.8 Å². The number of ether oxygens (including phenoxy) is 2. The van der Waals surface area contributed by atoms with Gasteiger partial charge in [0.05, 0.1) is 29.5 Å². The van der Waals surface area contributed by atoms with Crippen LogP contribution in [0.1, 0.15) is 31.0 Å². The predicted octanol–water partition coefficient (Wildman–Crippen LogP) is 4.61. The largest absolute Gasteiger partial charge is 0.496 e. The van der Waals surface area contributed by atoms with Gasteiger partial charge in [-0.25, -0.2) is 9.79 Å². The Balaban J connectivity index is 1.77. The molecule has 5 rings (SSSR count).